The Morgan fingerprint density at radius 2 is 2.15 bits per heavy atom. The van der Waals surface area contributed by atoms with E-state index in [4.69, 9.17) is 10.5 Å². The van der Waals surface area contributed by atoms with Crippen molar-refractivity contribution in [2.75, 3.05) is 11.9 Å². The number of hydrogen-bond acceptors (Lipinski definition) is 3. The summed E-state index contributed by atoms with van der Waals surface area (Å²) in [6.07, 6.45) is 3.02. The van der Waals surface area contributed by atoms with Crippen molar-refractivity contribution >= 4 is 11.6 Å². The van der Waals surface area contributed by atoms with Crippen LogP contribution in [0.25, 0.3) is 0 Å². The van der Waals surface area contributed by atoms with Gasteiger partial charge in [-0.15, -0.1) is 0 Å². The van der Waals surface area contributed by atoms with Gasteiger partial charge in [0.1, 0.15) is 5.75 Å². The molecule has 0 heterocycles. The average Bonchev–Trinajstić information content (AvgIpc) is 2.31. The highest BCUT2D eigenvalue weighted by atomic mass is 16.5. The van der Waals surface area contributed by atoms with Gasteiger partial charge >= 0.3 is 0 Å². The summed E-state index contributed by atoms with van der Waals surface area (Å²) in [5, 5.41) is 3.01. The van der Waals surface area contributed by atoms with Crippen molar-refractivity contribution in [2.24, 2.45) is 11.1 Å². The number of carbonyl (C=O) groups excluding carboxylic acids is 1. The Bertz CT molecular complexity index is 488. The number of ether oxygens (including phenoxy) is 1. The van der Waals surface area contributed by atoms with Gasteiger partial charge in [-0.2, -0.15) is 0 Å². The van der Waals surface area contributed by atoms with Gasteiger partial charge in [-0.05, 0) is 57.4 Å². The van der Waals surface area contributed by atoms with Crippen LogP contribution in [0.2, 0.25) is 0 Å². The number of amides is 1. The maximum atomic E-state index is 12.3. The molecule has 3 N–H and O–H groups in total. The molecule has 1 aliphatic carbocycles. The highest BCUT2D eigenvalue weighted by molar-refractivity contribution is 5.96. The Morgan fingerprint density at radius 3 is 2.60 bits per heavy atom. The van der Waals surface area contributed by atoms with Gasteiger partial charge in [0.25, 0.3) is 0 Å². The van der Waals surface area contributed by atoms with Crippen LogP contribution in [-0.4, -0.2) is 18.6 Å². The van der Waals surface area contributed by atoms with Crippen molar-refractivity contribution in [3.63, 3.8) is 0 Å². The second-order valence-corrected chi connectivity index (χ2v) is 5.94. The minimum absolute atomic E-state index is 0.0480. The fourth-order valence-electron chi connectivity index (χ4n) is 2.50. The summed E-state index contributed by atoms with van der Waals surface area (Å²) in [6, 6.07) is 5.73. The van der Waals surface area contributed by atoms with E-state index in [1.807, 2.05) is 39.0 Å². The molecule has 1 aliphatic rings. The standard InChI is InChI=1S/C16H24N2O2/c1-11(2)20-13-5-6-14(12(3)9-13)18-15(19)16(10-17)7-4-8-16/h5-6,9,11H,4,7-8,10,17H2,1-3H3,(H,18,19). The van der Waals surface area contributed by atoms with E-state index >= 15 is 0 Å². The first-order valence-electron chi connectivity index (χ1n) is 7.26. The zero-order valence-corrected chi connectivity index (χ0v) is 12.5. The molecule has 4 heteroatoms. The van der Waals surface area contributed by atoms with Crippen LogP contribution in [0, 0.1) is 12.3 Å². The Balaban J connectivity index is 2.08. The van der Waals surface area contributed by atoms with Crippen LogP contribution >= 0.6 is 0 Å². The molecular weight excluding hydrogens is 252 g/mol. The Labute approximate surface area is 120 Å². The molecule has 0 spiro atoms. The molecule has 20 heavy (non-hydrogen) atoms. The SMILES string of the molecule is Cc1cc(OC(C)C)ccc1NC(=O)C1(CN)CCC1. The van der Waals surface area contributed by atoms with Crippen molar-refractivity contribution < 1.29 is 9.53 Å². The van der Waals surface area contributed by atoms with Crippen LogP contribution < -0.4 is 15.8 Å². The molecular formula is C16H24N2O2. The lowest BCUT2D eigenvalue weighted by Crippen LogP contribution is -2.47. The number of nitrogens with two attached hydrogens (primary N) is 1. The largest absolute Gasteiger partial charge is 0.491 e. The zero-order chi connectivity index (χ0) is 14.8. The van der Waals surface area contributed by atoms with Crippen molar-refractivity contribution in [1.29, 1.82) is 0 Å². The molecule has 0 aromatic heterocycles. The van der Waals surface area contributed by atoms with Crippen LogP contribution in [0.15, 0.2) is 18.2 Å². The van der Waals surface area contributed by atoms with Crippen molar-refractivity contribution in [3.05, 3.63) is 23.8 Å². The summed E-state index contributed by atoms with van der Waals surface area (Å²) in [5.74, 6) is 0.875. The first-order valence-corrected chi connectivity index (χ1v) is 7.26. The third-order valence-electron chi connectivity index (χ3n) is 4.00. The first kappa shape index (κ1) is 14.9. The van der Waals surface area contributed by atoms with Crippen molar-refractivity contribution in [1.82, 2.24) is 0 Å². The molecule has 1 saturated carbocycles. The van der Waals surface area contributed by atoms with Crippen LogP contribution in [0.3, 0.4) is 0 Å². The van der Waals surface area contributed by atoms with Crippen LogP contribution in [0.5, 0.6) is 5.75 Å². The maximum absolute atomic E-state index is 12.3. The number of aryl methyl sites for hydroxylation is 1. The molecule has 0 unspecified atom stereocenters. The number of anilines is 1. The Morgan fingerprint density at radius 1 is 1.45 bits per heavy atom. The molecule has 0 aliphatic heterocycles. The molecule has 110 valence electrons. The fourth-order valence-corrected chi connectivity index (χ4v) is 2.50. The predicted octanol–water partition coefficient (Wildman–Crippen LogP) is 2.85. The molecule has 4 nitrogen and oxygen atoms in total. The van der Waals surface area contributed by atoms with Crippen LogP contribution in [0.4, 0.5) is 5.69 Å². The number of benzene rings is 1. The summed E-state index contributed by atoms with van der Waals surface area (Å²) in [7, 11) is 0. The van der Waals surface area contributed by atoms with Crippen molar-refractivity contribution in [2.45, 2.75) is 46.1 Å². The maximum Gasteiger partial charge on any atom is 0.231 e. The summed E-state index contributed by atoms with van der Waals surface area (Å²) in [6.45, 7) is 6.38. The minimum atomic E-state index is -0.348. The van der Waals surface area contributed by atoms with E-state index in [2.05, 4.69) is 5.32 Å². The second-order valence-electron chi connectivity index (χ2n) is 5.94. The quantitative estimate of drug-likeness (QED) is 0.869. The van der Waals surface area contributed by atoms with Crippen LogP contribution in [-0.2, 0) is 4.79 Å². The highest BCUT2D eigenvalue weighted by Crippen LogP contribution is 2.41. The van der Waals surface area contributed by atoms with E-state index in [9.17, 15) is 4.79 Å². The number of hydrogen-bond donors (Lipinski definition) is 2. The molecule has 0 saturated heterocycles. The Kier molecular flexibility index (Phi) is 4.33. The zero-order valence-electron chi connectivity index (χ0n) is 12.5. The first-order chi connectivity index (χ1) is 9.47. The van der Waals surface area contributed by atoms with Crippen LogP contribution in [0.1, 0.15) is 38.7 Å². The normalized spacial score (nSPS) is 16.6. The molecule has 1 amide bonds. The lowest BCUT2D eigenvalue weighted by Gasteiger charge is -2.39. The van der Waals surface area contributed by atoms with E-state index in [1.165, 1.54) is 0 Å². The number of carbonyl (C=O) groups is 1. The lowest BCUT2D eigenvalue weighted by molar-refractivity contribution is -0.129. The number of rotatable bonds is 5. The predicted molar refractivity (Wildman–Crippen MR) is 80.9 cm³/mol. The summed E-state index contributed by atoms with van der Waals surface area (Å²) in [5.41, 5.74) is 7.25. The van der Waals surface area contributed by atoms with Gasteiger partial charge in [0.05, 0.1) is 11.5 Å². The fraction of sp³-hybridized carbons (Fsp3) is 0.562. The summed E-state index contributed by atoms with van der Waals surface area (Å²) < 4.78 is 5.64. The van der Waals surface area contributed by atoms with E-state index in [0.29, 0.717) is 6.54 Å². The van der Waals surface area contributed by atoms with Gasteiger partial charge in [0.2, 0.25) is 5.91 Å². The second kappa shape index (κ2) is 5.83. The van der Waals surface area contributed by atoms with Gasteiger partial charge < -0.3 is 15.8 Å². The van der Waals surface area contributed by atoms with Crippen molar-refractivity contribution in [3.8, 4) is 5.75 Å². The van der Waals surface area contributed by atoms with Gasteiger partial charge in [0, 0.05) is 12.2 Å². The molecule has 0 bridgehead atoms. The summed E-state index contributed by atoms with van der Waals surface area (Å²) >= 11 is 0. The third-order valence-corrected chi connectivity index (χ3v) is 4.00. The molecule has 0 atom stereocenters. The average molecular weight is 276 g/mol. The minimum Gasteiger partial charge on any atom is -0.491 e. The Hall–Kier alpha value is -1.55. The monoisotopic (exact) mass is 276 g/mol. The topological polar surface area (TPSA) is 64.3 Å². The third kappa shape index (κ3) is 2.96. The molecule has 1 aromatic rings. The van der Waals surface area contributed by atoms with Gasteiger partial charge in [-0.3, -0.25) is 4.79 Å². The molecule has 1 aromatic carbocycles. The van der Waals surface area contributed by atoms with Gasteiger partial charge in [0.15, 0.2) is 0 Å². The summed E-state index contributed by atoms with van der Waals surface area (Å²) in [4.78, 5) is 12.3. The lowest BCUT2D eigenvalue weighted by atomic mass is 9.68. The molecule has 0 radical (unpaired) electrons. The van der Waals surface area contributed by atoms with Gasteiger partial charge in [-0.25, -0.2) is 0 Å². The molecule has 1 fully saturated rings. The van der Waals surface area contributed by atoms with E-state index < -0.39 is 0 Å². The van der Waals surface area contributed by atoms with E-state index in [1.54, 1.807) is 0 Å². The van der Waals surface area contributed by atoms with Gasteiger partial charge in [-0.1, -0.05) is 6.42 Å². The van der Waals surface area contributed by atoms with E-state index in [0.717, 1.165) is 36.3 Å². The number of nitrogens with one attached hydrogen (secondary N) is 1. The molecule has 2 rings (SSSR count). The smallest absolute Gasteiger partial charge is 0.231 e. The highest BCUT2D eigenvalue weighted by Gasteiger charge is 2.42. The van der Waals surface area contributed by atoms with E-state index in [-0.39, 0.29) is 17.4 Å².